The Kier molecular flexibility index (Phi) is 5.79. The summed E-state index contributed by atoms with van der Waals surface area (Å²) in [6.07, 6.45) is -0.340. The maximum Gasteiger partial charge on any atom is 0.305 e. The van der Waals surface area contributed by atoms with E-state index in [-0.39, 0.29) is 12.0 Å². The van der Waals surface area contributed by atoms with E-state index in [1.165, 1.54) is 6.07 Å². The number of halogens is 1. The first-order valence-corrected chi connectivity index (χ1v) is 11.3. The molecule has 3 aromatic heterocycles. The van der Waals surface area contributed by atoms with Gasteiger partial charge in [-0.15, -0.1) is 0 Å². The Hall–Kier alpha value is -4.47. The number of aromatic nitrogens is 4. The lowest BCUT2D eigenvalue weighted by atomic mass is 10.0. The predicted molar refractivity (Wildman–Crippen MR) is 133 cm³/mol. The number of hydrogen-bond donors (Lipinski definition) is 3. The van der Waals surface area contributed by atoms with Gasteiger partial charge in [0.15, 0.2) is 0 Å². The predicted octanol–water partition coefficient (Wildman–Crippen LogP) is 5.47. The number of aromatic amines is 1. The summed E-state index contributed by atoms with van der Waals surface area (Å²) in [5.74, 6) is 0.564. The number of ether oxygens (including phenoxy) is 1. The normalized spacial score (nSPS) is 12.2. The van der Waals surface area contributed by atoms with Crippen molar-refractivity contribution in [3.8, 4) is 16.9 Å². The van der Waals surface area contributed by atoms with Crippen molar-refractivity contribution in [1.29, 1.82) is 0 Å². The first-order valence-electron chi connectivity index (χ1n) is 11.3. The zero-order valence-corrected chi connectivity index (χ0v) is 20.1. The highest BCUT2D eigenvalue weighted by Gasteiger charge is 2.24. The van der Waals surface area contributed by atoms with Gasteiger partial charge >= 0.3 is 5.97 Å². The number of nitrogens with one attached hydrogen (secondary N) is 2. The van der Waals surface area contributed by atoms with Crippen LogP contribution in [0.25, 0.3) is 33.1 Å². The number of anilines is 1. The number of carboxylic acid groups (broad SMARTS) is 1. The molecule has 5 rings (SSSR count). The van der Waals surface area contributed by atoms with Crippen molar-refractivity contribution < 1.29 is 23.6 Å². The van der Waals surface area contributed by atoms with Crippen LogP contribution in [-0.4, -0.2) is 38.3 Å². The summed E-state index contributed by atoms with van der Waals surface area (Å²) in [7, 11) is 1.58. The number of carboxylic acids is 1. The fourth-order valence-electron chi connectivity index (χ4n) is 4.61. The third-order valence-electron chi connectivity index (χ3n) is 6.16. The van der Waals surface area contributed by atoms with Gasteiger partial charge in [0.05, 0.1) is 36.2 Å². The zero-order valence-electron chi connectivity index (χ0n) is 20.1. The smallest absolute Gasteiger partial charge is 0.305 e. The van der Waals surface area contributed by atoms with Gasteiger partial charge in [0, 0.05) is 22.0 Å². The van der Waals surface area contributed by atoms with Crippen molar-refractivity contribution >= 4 is 33.7 Å². The third kappa shape index (κ3) is 4.00. The van der Waals surface area contributed by atoms with Crippen molar-refractivity contribution in [3.63, 3.8) is 0 Å². The van der Waals surface area contributed by atoms with Gasteiger partial charge in [-0.2, -0.15) is 0 Å². The van der Waals surface area contributed by atoms with E-state index in [4.69, 9.17) is 9.26 Å². The van der Waals surface area contributed by atoms with Crippen LogP contribution >= 0.6 is 0 Å². The SMILES string of the molecule is COc1cc2c(cc1-c1c(C)noc1C)[nH]c1nc(C)nc(NC(CC(=O)O)c3ccccc3F)c12. The molecule has 1 unspecified atom stereocenters. The van der Waals surface area contributed by atoms with Crippen molar-refractivity contribution in [2.75, 3.05) is 12.4 Å². The molecule has 3 heterocycles. The molecule has 0 spiro atoms. The highest BCUT2D eigenvalue weighted by Crippen LogP contribution is 2.41. The Morgan fingerprint density at radius 2 is 2.00 bits per heavy atom. The molecule has 0 saturated heterocycles. The van der Waals surface area contributed by atoms with Crippen LogP contribution in [-0.2, 0) is 4.79 Å². The minimum absolute atomic E-state index is 0.238. The molecule has 9 nitrogen and oxygen atoms in total. The first kappa shape index (κ1) is 23.3. The van der Waals surface area contributed by atoms with E-state index in [2.05, 4.69) is 25.4 Å². The Balaban J connectivity index is 1.71. The summed E-state index contributed by atoms with van der Waals surface area (Å²) < 4.78 is 25.7. The summed E-state index contributed by atoms with van der Waals surface area (Å²) in [4.78, 5) is 24.1. The molecule has 36 heavy (non-hydrogen) atoms. The number of H-pyrrole nitrogens is 1. The number of aliphatic carboxylic acids is 1. The second-order valence-electron chi connectivity index (χ2n) is 8.58. The van der Waals surface area contributed by atoms with Gasteiger partial charge in [-0.1, -0.05) is 23.4 Å². The molecule has 0 radical (unpaired) electrons. The molecule has 0 bridgehead atoms. The number of fused-ring (bicyclic) bond motifs is 3. The van der Waals surface area contributed by atoms with Crippen LogP contribution in [0.3, 0.4) is 0 Å². The Bertz CT molecular complexity index is 1600. The molecule has 0 aliphatic rings. The van der Waals surface area contributed by atoms with Gasteiger partial charge in [0.25, 0.3) is 0 Å². The highest BCUT2D eigenvalue weighted by atomic mass is 19.1. The van der Waals surface area contributed by atoms with E-state index < -0.39 is 17.8 Å². The second-order valence-corrected chi connectivity index (χ2v) is 8.58. The van der Waals surface area contributed by atoms with Crippen molar-refractivity contribution in [3.05, 3.63) is 65.1 Å². The van der Waals surface area contributed by atoms with Gasteiger partial charge in [-0.3, -0.25) is 4.79 Å². The molecule has 3 N–H and O–H groups in total. The summed E-state index contributed by atoms with van der Waals surface area (Å²) >= 11 is 0. The molecule has 0 aliphatic heterocycles. The molecule has 0 amide bonds. The quantitative estimate of drug-likeness (QED) is 0.275. The van der Waals surface area contributed by atoms with E-state index in [1.54, 1.807) is 32.2 Å². The molecule has 2 aromatic carbocycles. The zero-order chi connectivity index (χ0) is 25.6. The molecule has 1 atom stereocenters. The molecule has 0 saturated carbocycles. The van der Waals surface area contributed by atoms with Crippen molar-refractivity contribution in [2.24, 2.45) is 0 Å². The average Bonchev–Trinajstić information content (AvgIpc) is 3.35. The number of hydrogen-bond acceptors (Lipinski definition) is 7. The number of methoxy groups -OCH3 is 1. The summed E-state index contributed by atoms with van der Waals surface area (Å²) in [6.45, 7) is 5.44. The van der Waals surface area contributed by atoms with Crippen LogP contribution in [0, 0.1) is 26.6 Å². The third-order valence-corrected chi connectivity index (χ3v) is 6.16. The standard InChI is InChI=1S/C26H24FN5O4/c1-12-23(13(2)36-32-12)17-9-19-16(10-21(17)35-4)24-25(30-19)28-14(3)29-26(24)31-20(11-22(33)34)15-7-5-6-8-18(15)27/h5-10,20H,11H2,1-4H3,(H,33,34)(H2,28,29,30,31). The van der Waals surface area contributed by atoms with Crippen molar-refractivity contribution in [2.45, 2.75) is 33.2 Å². The fourth-order valence-corrected chi connectivity index (χ4v) is 4.61. The Labute approximate surface area is 205 Å². The summed E-state index contributed by atoms with van der Waals surface area (Å²) in [5, 5.41) is 18.2. The Morgan fingerprint density at radius 3 is 2.67 bits per heavy atom. The van der Waals surface area contributed by atoms with Gasteiger partial charge in [-0.25, -0.2) is 14.4 Å². The maximum atomic E-state index is 14.6. The second kappa shape index (κ2) is 8.95. The van der Waals surface area contributed by atoms with E-state index in [0.29, 0.717) is 34.2 Å². The van der Waals surface area contributed by atoms with Crippen molar-refractivity contribution in [1.82, 2.24) is 20.1 Å². The number of benzene rings is 2. The highest BCUT2D eigenvalue weighted by molar-refractivity contribution is 6.13. The van der Waals surface area contributed by atoms with Gasteiger partial charge in [-0.05, 0) is 39.0 Å². The lowest BCUT2D eigenvalue weighted by Crippen LogP contribution is -2.17. The average molecular weight is 490 g/mol. The molecule has 5 aromatic rings. The topological polar surface area (TPSA) is 126 Å². The molecular weight excluding hydrogens is 465 g/mol. The molecular formula is C26H24FN5O4. The first-order chi connectivity index (χ1) is 17.3. The number of aryl methyl sites for hydroxylation is 3. The number of nitrogens with zero attached hydrogens (tertiary/aromatic N) is 3. The lowest BCUT2D eigenvalue weighted by molar-refractivity contribution is -0.137. The molecule has 10 heteroatoms. The van der Waals surface area contributed by atoms with Crippen LogP contribution in [0.15, 0.2) is 40.9 Å². The largest absolute Gasteiger partial charge is 0.496 e. The van der Waals surface area contributed by atoms with Crippen LogP contribution in [0.5, 0.6) is 5.75 Å². The molecule has 0 aliphatic carbocycles. The van der Waals surface area contributed by atoms with Gasteiger partial charge < -0.3 is 24.7 Å². The number of rotatable bonds is 7. The van der Waals surface area contributed by atoms with E-state index in [0.717, 1.165) is 27.7 Å². The van der Waals surface area contributed by atoms with Gasteiger partial charge in [0.2, 0.25) is 0 Å². The van der Waals surface area contributed by atoms with E-state index >= 15 is 0 Å². The summed E-state index contributed by atoms with van der Waals surface area (Å²) in [6, 6.07) is 9.06. The van der Waals surface area contributed by atoms with Crippen LogP contribution in [0.1, 0.15) is 35.3 Å². The van der Waals surface area contributed by atoms with E-state index in [9.17, 15) is 14.3 Å². The van der Waals surface area contributed by atoms with Crippen LogP contribution in [0.4, 0.5) is 10.2 Å². The maximum absolute atomic E-state index is 14.6. The molecule has 184 valence electrons. The lowest BCUT2D eigenvalue weighted by Gasteiger charge is -2.19. The Morgan fingerprint density at radius 1 is 1.22 bits per heavy atom. The number of carbonyl (C=O) groups is 1. The monoisotopic (exact) mass is 489 g/mol. The minimum Gasteiger partial charge on any atom is -0.496 e. The van der Waals surface area contributed by atoms with E-state index in [1.807, 2.05) is 26.0 Å². The molecule has 0 fully saturated rings. The van der Waals surface area contributed by atoms with Crippen LogP contribution < -0.4 is 10.1 Å². The van der Waals surface area contributed by atoms with Gasteiger partial charge in [0.1, 0.15) is 34.6 Å². The summed E-state index contributed by atoms with van der Waals surface area (Å²) in [5.41, 5.74) is 3.95. The fraction of sp³-hybridized carbons (Fsp3) is 0.231. The minimum atomic E-state index is -1.07. The van der Waals surface area contributed by atoms with Crippen LogP contribution in [0.2, 0.25) is 0 Å².